The van der Waals surface area contributed by atoms with E-state index in [-0.39, 0.29) is 23.2 Å². The second kappa shape index (κ2) is 8.64. The van der Waals surface area contributed by atoms with Gasteiger partial charge in [0.15, 0.2) is 0 Å². The molecule has 2 heterocycles. The van der Waals surface area contributed by atoms with Crippen molar-refractivity contribution in [2.75, 3.05) is 23.8 Å². The van der Waals surface area contributed by atoms with Gasteiger partial charge < -0.3 is 20.7 Å². The Labute approximate surface area is 156 Å². The third-order valence-electron chi connectivity index (χ3n) is 3.90. The van der Waals surface area contributed by atoms with Crippen molar-refractivity contribution in [3.8, 4) is 0 Å². The van der Waals surface area contributed by atoms with Crippen LogP contribution in [0.25, 0.3) is 0 Å². The van der Waals surface area contributed by atoms with Crippen molar-refractivity contribution < 1.29 is 14.3 Å². The number of benzene rings is 1. The summed E-state index contributed by atoms with van der Waals surface area (Å²) in [6, 6.07) is 9.61. The van der Waals surface area contributed by atoms with Crippen molar-refractivity contribution in [1.82, 2.24) is 10.3 Å². The number of pyridine rings is 1. The summed E-state index contributed by atoms with van der Waals surface area (Å²) in [5.74, 6) is -0.288. The number of nitrogens with one attached hydrogen (secondary N) is 3. The highest BCUT2D eigenvalue weighted by Gasteiger charge is 2.16. The lowest BCUT2D eigenvalue weighted by Gasteiger charge is -2.12. The summed E-state index contributed by atoms with van der Waals surface area (Å²) in [4.78, 5) is 27.9. The van der Waals surface area contributed by atoms with Crippen LogP contribution in [0.2, 0.25) is 5.15 Å². The van der Waals surface area contributed by atoms with Gasteiger partial charge in [0.1, 0.15) is 5.15 Å². The third-order valence-corrected chi connectivity index (χ3v) is 4.11. The molecule has 0 aliphatic carbocycles. The second-order valence-electron chi connectivity index (χ2n) is 5.87. The zero-order valence-electron chi connectivity index (χ0n) is 14.0. The van der Waals surface area contributed by atoms with Gasteiger partial charge in [-0.15, -0.1) is 0 Å². The molecule has 1 fully saturated rings. The molecule has 0 bridgehead atoms. The van der Waals surface area contributed by atoms with E-state index in [1.165, 1.54) is 12.3 Å². The average Bonchev–Trinajstić information content (AvgIpc) is 3.15. The van der Waals surface area contributed by atoms with Crippen LogP contribution in [-0.2, 0) is 4.74 Å². The predicted molar refractivity (Wildman–Crippen MR) is 99.6 cm³/mol. The van der Waals surface area contributed by atoms with E-state index in [0.717, 1.165) is 19.4 Å². The van der Waals surface area contributed by atoms with Gasteiger partial charge >= 0.3 is 6.03 Å². The van der Waals surface area contributed by atoms with Crippen molar-refractivity contribution in [3.63, 3.8) is 0 Å². The summed E-state index contributed by atoms with van der Waals surface area (Å²) in [6.07, 6.45) is 3.57. The minimum absolute atomic E-state index is 0.0972. The summed E-state index contributed by atoms with van der Waals surface area (Å²) in [7, 11) is 0. The lowest BCUT2D eigenvalue weighted by atomic mass is 10.2. The summed E-state index contributed by atoms with van der Waals surface area (Å²) in [5, 5.41) is 8.54. The first-order valence-corrected chi connectivity index (χ1v) is 8.67. The van der Waals surface area contributed by atoms with Crippen LogP contribution in [0.3, 0.4) is 0 Å². The number of hydrogen-bond acceptors (Lipinski definition) is 4. The fourth-order valence-electron chi connectivity index (χ4n) is 2.57. The van der Waals surface area contributed by atoms with Gasteiger partial charge in [0.05, 0.1) is 6.10 Å². The summed E-state index contributed by atoms with van der Waals surface area (Å²) in [5.41, 5.74) is 1.65. The lowest BCUT2D eigenvalue weighted by Crippen LogP contribution is -2.35. The number of halogens is 1. The van der Waals surface area contributed by atoms with E-state index in [0.29, 0.717) is 23.5 Å². The molecule has 7 nitrogen and oxygen atoms in total. The Morgan fingerprint density at radius 2 is 1.88 bits per heavy atom. The van der Waals surface area contributed by atoms with Gasteiger partial charge in [-0.25, -0.2) is 9.78 Å². The molecule has 136 valence electrons. The lowest BCUT2D eigenvalue weighted by molar-refractivity contribution is 0.102. The average molecular weight is 375 g/mol. The maximum Gasteiger partial charge on any atom is 0.319 e. The second-order valence-corrected chi connectivity index (χ2v) is 6.26. The number of urea groups is 1. The van der Waals surface area contributed by atoms with Gasteiger partial charge in [0.25, 0.3) is 5.91 Å². The highest BCUT2D eigenvalue weighted by Crippen LogP contribution is 2.16. The minimum atomic E-state index is -0.288. The van der Waals surface area contributed by atoms with E-state index >= 15 is 0 Å². The molecule has 1 aromatic heterocycles. The van der Waals surface area contributed by atoms with Crippen LogP contribution >= 0.6 is 11.6 Å². The molecule has 1 unspecified atom stereocenters. The number of rotatable bonds is 5. The van der Waals surface area contributed by atoms with Crippen LogP contribution in [-0.4, -0.2) is 36.2 Å². The first kappa shape index (κ1) is 18.2. The Bertz CT molecular complexity index is 776. The topological polar surface area (TPSA) is 92.4 Å². The van der Waals surface area contributed by atoms with E-state index in [2.05, 4.69) is 20.9 Å². The van der Waals surface area contributed by atoms with Gasteiger partial charge in [-0.1, -0.05) is 11.6 Å². The molecular weight excluding hydrogens is 356 g/mol. The van der Waals surface area contributed by atoms with Crippen LogP contribution < -0.4 is 16.0 Å². The molecule has 1 saturated heterocycles. The molecule has 8 heteroatoms. The first-order valence-electron chi connectivity index (χ1n) is 8.29. The Morgan fingerprint density at radius 1 is 1.15 bits per heavy atom. The molecule has 1 aromatic carbocycles. The number of aromatic nitrogens is 1. The normalized spacial score (nSPS) is 16.1. The smallest absolute Gasteiger partial charge is 0.319 e. The summed E-state index contributed by atoms with van der Waals surface area (Å²) >= 11 is 5.78. The van der Waals surface area contributed by atoms with Crippen LogP contribution in [0.4, 0.5) is 16.2 Å². The number of amides is 3. The van der Waals surface area contributed by atoms with E-state index in [1.807, 2.05) is 0 Å². The molecule has 1 aliphatic heterocycles. The van der Waals surface area contributed by atoms with E-state index in [9.17, 15) is 9.59 Å². The van der Waals surface area contributed by atoms with Gasteiger partial charge in [-0.05, 0) is 49.2 Å². The van der Waals surface area contributed by atoms with Gasteiger partial charge in [-0.2, -0.15) is 0 Å². The molecule has 3 N–H and O–H groups in total. The molecule has 3 rings (SSSR count). The van der Waals surface area contributed by atoms with E-state index in [1.54, 1.807) is 30.3 Å². The number of hydrogen-bond donors (Lipinski definition) is 3. The minimum Gasteiger partial charge on any atom is -0.376 e. The molecule has 1 atom stereocenters. The third kappa shape index (κ3) is 5.18. The van der Waals surface area contributed by atoms with Crippen molar-refractivity contribution in [2.24, 2.45) is 0 Å². The molecule has 1 aliphatic rings. The first-order chi connectivity index (χ1) is 12.6. The molecule has 3 amide bonds. The van der Waals surface area contributed by atoms with Crippen molar-refractivity contribution in [3.05, 3.63) is 53.3 Å². The van der Waals surface area contributed by atoms with Crippen LogP contribution in [0.15, 0.2) is 42.6 Å². The van der Waals surface area contributed by atoms with Crippen molar-refractivity contribution in [2.45, 2.75) is 18.9 Å². The monoisotopic (exact) mass is 374 g/mol. The fraction of sp³-hybridized carbons (Fsp3) is 0.278. The maximum absolute atomic E-state index is 12.2. The van der Waals surface area contributed by atoms with Crippen molar-refractivity contribution >= 4 is 34.9 Å². The Morgan fingerprint density at radius 3 is 2.54 bits per heavy atom. The zero-order chi connectivity index (χ0) is 18.4. The highest BCUT2D eigenvalue weighted by molar-refractivity contribution is 6.29. The summed E-state index contributed by atoms with van der Waals surface area (Å²) in [6.45, 7) is 1.25. The van der Waals surface area contributed by atoms with Crippen molar-refractivity contribution in [1.29, 1.82) is 0 Å². The summed E-state index contributed by atoms with van der Waals surface area (Å²) < 4.78 is 5.46. The molecule has 2 aromatic rings. The molecule has 0 radical (unpaired) electrons. The highest BCUT2D eigenvalue weighted by atomic mass is 35.5. The Kier molecular flexibility index (Phi) is 6.04. The quantitative estimate of drug-likeness (QED) is 0.700. The molecule has 0 saturated carbocycles. The number of ether oxygens (including phenoxy) is 1. The largest absolute Gasteiger partial charge is 0.376 e. The molecule has 0 spiro atoms. The number of carbonyl (C=O) groups is 2. The Hall–Kier alpha value is -2.64. The maximum atomic E-state index is 12.2. The van der Waals surface area contributed by atoms with Gasteiger partial charge in [0, 0.05) is 36.3 Å². The number of anilines is 2. The van der Waals surface area contributed by atoms with Gasteiger partial charge in [-0.3, -0.25) is 4.79 Å². The van der Waals surface area contributed by atoms with E-state index < -0.39 is 0 Å². The van der Waals surface area contributed by atoms with Crippen LogP contribution in [0, 0.1) is 0 Å². The molecule has 26 heavy (non-hydrogen) atoms. The number of carbonyl (C=O) groups excluding carboxylic acids is 2. The SMILES string of the molecule is O=C(NCC1CCCO1)Nc1ccc(NC(=O)c2ccnc(Cl)c2)cc1. The molecular formula is C18H19ClN4O3. The zero-order valence-corrected chi connectivity index (χ0v) is 14.8. The predicted octanol–water partition coefficient (Wildman–Crippen LogP) is 3.29. The Balaban J connectivity index is 1.49. The van der Waals surface area contributed by atoms with E-state index in [4.69, 9.17) is 16.3 Å². The van der Waals surface area contributed by atoms with Gasteiger partial charge in [0.2, 0.25) is 0 Å². The standard InChI is InChI=1S/C18H19ClN4O3/c19-16-10-12(7-8-20-16)17(24)22-13-3-5-14(6-4-13)23-18(25)21-11-15-2-1-9-26-15/h3-8,10,15H,1-2,9,11H2,(H,22,24)(H2,21,23,25). The van der Waals surface area contributed by atoms with Crippen LogP contribution in [0.1, 0.15) is 23.2 Å². The number of nitrogens with zero attached hydrogens (tertiary/aromatic N) is 1. The fourth-order valence-corrected chi connectivity index (χ4v) is 2.74. The van der Waals surface area contributed by atoms with Crippen LogP contribution in [0.5, 0.6) is 0 Å².